The van der Waals surface area contributed by atoms with Crippen molar-refractivity contribution in [1.29, 1.82) is 0 Å². The summed E-state index contributed by atoms with van der Waals surface area (Å²) in [4.78, 5) is 9.12. The highest BCUT2D eigenvalue weighted by Gasteiger charge is 2.08. The number of nitrogens with zero attached hydrogens (tertiary/aromatic N) is 2. The van der Waals surface area contributed by atoms with Crippen LogP contribution >= 0.6 is 0 Å². The fraction of sp³-hybridized carbons (Fsp3) is 0.0476. The van der Waals surface area contributed by atoms with Gasteiger partial charge in [0.2, 0.25) is 5.89 Å². The fourth-order valence-electron chi connectivity index (χ4n) is 2.57. The Labute approximate surface area is 140 Å². The van der Waals surface area contributed by atoms with E-state index in [9.17, 15) is 0 Å². The van der Waals surface area contributed by atoms with E-state index in [0.29, 0.717) is 5.89 Å². The van der Waals surface area contributed by atoms with Crippen LogP contribution in [0.25, 0.3) is 22.6 Å². The molecule has 0 amide bonds. The lowest BCUT2D eigenvalue weighted by Crippen LogP contribution is -1.80. The largest absolute Gasteiger partial charge is 0.436 e. The second kappa shape index (κ2) is 6.13. The lowest BCUT2D eigenvalue weighted by atomic mass is 10.2. The van der Waals surface area contributed by atoms with Gasteiger partial charge in [0, 0.05) is 11.8 Å². The van der Waals surface area contributed by atoms with Gasteiger partial charge in [-0.15, -0.1) is 0 Å². The van der Waals surface area contributed by atoms with Gasteiger partial charge in [-0.25, -0.2) is 4.98 Å². The summed E-state index contributed by atoms with van der Waals surface area (Å²) in [5, 5.41) is 0. The van der Waals surface area contributed by atoms with Crippen molar-refractivity contribution < 1.29 is 4.42 Å². The van der Waals surface area contributed by atoms with E-state index in [2.05, 4.69) is 9.98 Å². The van der Waals surface area contributed by atoms with Gasteiger partial charge in [-0.3, -0.25) is 4.99 Å². The van der Waals surface area contributed by atoms with Gasteiger partial charge < -0.3 is 4.42 Å². The fourth-order valence-corrected chi connectivity index (χ4v) is 2.57. The molecule has 0 aliphatic rings. The van der Waals surface area contributed by atoms with Crippen LogP contribution in [-0.4, -0.2) is 11.2 Å². The molecule has 116 valence electrons. The molecule has 0 bridgehead atoms. The molecule has 0 atom stereocenters. The van der Waals surface area contributed by atoms with Crippen molar-refractivity contribution in [3.8, 4) is 11.5 Å². The summed E-state index contributed by atoms with van der Waals surface area (Å²) >= 11 is 0. The van der Waals surface area contributed by atoms with Gasteiger partial charge in [-0.2, -0.15) is 0 Å². The first-order valence-corrected chi connectivity index (χ1v) is 7.85. The molecule has 3 nitrogen and oxygen atoms in total. The molecule has 1 aromatic heterocycles. The first-order chi connectivity index (χ1) is 11.8. The third-order valence-corrected chi connectivity index (χ3v) is 3.80. The quantitative estimate of drug-likeness (QED) is 0.465. The SMILES string of the molecule is Cc1ccc2oc(-c3cccc(N=Cc4ccccc4)c3)nc2c1. The predicted octanol–water partition coefficient (Wildman–Crippen LogP) is 5.55. The number of oxazole rings is 1. The molecular formula is C21H16N2O. The summed E-state index contributed by atoms with van der Waals surface area (Å²) < 4.78 is 5.86. The van der Waals surface area contributed by atoms with E-state index in [-0.39, 0.29) is 0 Å². The Morgan fingerprint density at radius 2 is 1.79 bits per heavy atom. The molecule has 0 radical (unpaired) electrons. The summed E-state index contributed by atoms with van der Waals surface area (Å²) in [6, 6.07) is 23.9. The van der Waals surface area contributed by atoms with E-state index in [1.807, 2.05) is 85.9 Å². The topological polar surface area (TPSA) is 38.4 Å². The molecule has 0 fully saturated rings. The van der Waals surface area contributed by atoms with Crippen LogP contribution in [0.2, 0.25) is 0 Å². The Kier molecular flexibility index (Phi) is 3.67. The standard InChI is InChI=1S/C21H16N2O/c1-15-10-11-20-19(12-15)23-21(24-20)17-8-5-9-18(13-17)22-14-16-6-3-2-4-7-16/h2-14H,1H3. The molecule has 4 aromatic rings. The maximum absolute atomic E-state index is 5.86. The summed E-state index contributed by atoms with van der Waals surface area (Å²) in [6.45, 7) is 2.05. The molecule has 4 rings (SSSR count). The number of aromatic nitrogens is 1. The zero-order valence-corrected chi connectivity index (χ0v) is 13.3. The molecular weight excluding hydrogens is 296 g/mol. The van der Waals surface area contributed by atoms with Gasteiger partial charge in [0.1, 0.15) is 5.52 Å². The summed E-state index contributed by atoms with van der Waals surface area (Å²) in [6.07, 6.45) is 1.86. The van der Waals surface area contributed by atoms with Crippen LogP contribution < -0.4 is 0 Å². The molecule has 3 aromatic carbocycles. The van der Waals surface area contributed by atoms with E-state index in [0.717, 1.165) is 27.9 Å². The number of hydrogen-bond acceptors (Lipinski definition) is 3. The highest BCUT2D eigenvalue weighted by Crippen LogP contribution is 2.27. The number of benzene rings is 3. The molecule has 0 N–H and O–H groups in total. The molecule has 0 saturated carbocycles. The van der Waals surface area contributed by atoms with Crippen molar-refractivity contribution in [3.63, 3.8) is 0 Å². The number of aliphatic imine (C=N–C) groups is 1. The highest BCUT2D eigenvalue weighted by atomic mass is 16.3. The Morgan fingerprint density at radius 3 is 2.67 bits per heavy atom. The Bertz CT molecular complexity index is 1020. The van der Waals surface area contributed by atoms with Crippen molar-refractivity contribution in [2.45, 2.75) is 6.92 Å². The molecule has 0 spiro atoms. The molecule has 1 heterocycles. The molecule has 0 aliphatic carbocycles. The lowest BCUT2D eigenvalue weighted by molar-refractivity contribution is 0.620. The van der Waals surface area contributed by atoms with Crippen LogP contribution in [0.15, 0.2) is 82.2 Å². The van der Waals surface area contributed by atoms with Crippen LogP contribution in [0.3, 0.4) is 0 Å². The smallest absolute Gasteiger partial charge is 0.227 e. The third kappa shape index (κ3) is 2.97. The van der Waals surface area contributed by atoms with E-state index in [1.54, 1.807) is 0 Å². The Morgan fingerprint density at radius 1 is 0.917 bits per heavy atom. The van der Waals surface area contributed by atoms with E-state index >= 15 is 0 Å². The first-order valence-electron chi connectivity index (χ1n) is 7.85. The van der Waals surface area contributed by atoms with Crippen molar-refractivity contribution >= 4 is 23.0 Å². The zero-order valence-electron chi connectivity index (χ0n) is 13.3. The van der Waals surface area contributed by atoms with Crippen LogP contribution in [0.1, 0.15) is 11.1 Å². The monoisotopic (exact) mass is 312 g/mol. The third-order valence-electron chi connectivity index (χ3n) is 3.80. The zero-order chi connectivity index (χ0) is 16.4. The second-order valence-corrected chi connectivity index (χ2v) is 5.71. The Hall–Kier alpha value is -3.20. The Balaban J connectivity index is 1.67. The molecule has 0 saturated heterocycles. The van der Waals surface area contributed by atoms with Crippen molar-refractivity contribution in [2.75, 3.05) is 0 Å². The predicted molar refractivity (Wildman–Crippen MR) is 97.9 cm³/mol. The maximum atomic E-state index is 5.86. The average molecular weight is 312 g/mol. The van der Waals surface area contributed by atoms with Crippen LogP contribution in [0.4, 0.5) is 5.69 Å². The van der Waals surface area contributed by atoms with Gasteiger partial charge >= 0.3 is 0 Å². The minimum Gasteiger partial charge on any atom is -0.436 e. The van der Waals surface area contributed by atoms with Gasteiger partial charge in [-0.1, -0.05) is 42.5 Å². The van der Waals surface area contributed by atoms with E-state index < -0.39 is 0 Å². The molecule has 24 heavy (non-hydrogen) atoms. The highest BCUT2D eigenvalue weighted by molar-refractivity contribution is 5.82. The number of aryl methyl sites for hydroxylation is 1. The first kappa shape index (κ1) is 14.4. The number of rotatable bonds is 3. The average Bonchev–Trinajstić information content (AvgIpc) is 3.04. The van der Waals surface area contributed by atoms with Crippen molar-refractivity contribution in [2.24, 2.45) is 4.99 Å². The summed E-state index contributed by atoms with van der Waals surface area (Å²) in [5.74, 6) is 0.618. The van der Waals surface area contributed by atoms with Gasteiger partial charge in [0.05, 0.1) is 5.69 Å². The van der Waals surface area contributed by atoms with Crippen molar-refractivity contribution in [3.05, 3.63) is 83.9 Å². The summed E-state index contributed by atoms with van der Waals surface area (Å²) in [7, 11) is 0. The van der Waals surface area contributed by atoms with Gasteiger partial charge in [0.25, 0.3) is 0 Å². The minimum absolute atomic E-state index is 0.618. The minimum atomic E-state index is 0.618. The lowest BCUT2D eigenvalue weighted by Gasteiger charge is -1.98. The summed E-state index contributed by atoms with van der Waals surface area (Å²) in [5.41, 5.74) is 5.71. The maximum Gasteiger partial charge on any atom is 0.227 e. The van der Waals surface area contributed by atoms with Crippen LogP contribution in [0.5, 0.6) is 0 Å². The van der Waals surface area contributed by atoms with E-state index in [1.165, 1.54) is 5.56 Å². The number of fused-ring (bicyclic) bond motifs is 1. The molecule has 0 aliphatic heterocycles. The van der Waals surface area contributed by atoms with Gasteiger partial charge in [-0.05, 0) is 48.4 Å². The van der Waals surface area contributed by atoms with Crippen LogP contribution in [0, 0.1) is 6.92 Å². The van der Waals surface area contributed by atoms with E-state index in [4.69, 9.17) is 4.42 Å². The number of hydrogen-bond donors (Lipinski definition) is 0. The molecule has 3 heteroatoms. The second-order valence-electron chi connectivity index (χ2n) is 5.71. The normalized spacial score (nSPS) is 11.4. The van der Waals surface area contributed by atoms with Gasteiger partial charge in [0.15, 0.2) is 5.58 Å². The van der Waals surface area contributed by atoms with Crippen LogP contribution in [-0.2, 0) is 0 Å². The van der Waals surface area contributed by atoms with Crippen molar-refractivity contribution in [1.82, 2.24) is 4.98 Å². The molecule has 0 unspecified atom stereocenters.